The number of aromatic hydroxyl groups is 1. The van der Waals surface area contributed by atoms with Crippen molar-refractivity contribution < 1.29 is 14.3 Å². The van der Waals surface area contributed by atoms with Crippen LogP contribution in [-0.2, 0) is 0 Å². The highest BCUT2D eigenvalue weighted by Gasteiger charge is 2.41. The van der Waals surface area contributed by atoms with E-state index in [9.17, 15) is 14.3 Å². The smallest absolute Gasteiger partial charge is 0.258 e. The van der Waals surface area contributed by atoms with Gasteiger partial charge in [0.05, 0.1) is 0 Å². The number of hydrogen-bond acceptors (Lipinski definition) is 2. The first-order chi connectivity index (χ1) is 8.58. The number of benzene rings is 1. The van der Waals surface area contributed by atoms with Gasteiger partial charge in [0.25, 0.3) is 5.91 Å². The minimum atomic E-state index is -0.687. The van der Waals surface area contributed by atoms with Crippen LogP contribution >= 0.6 is 0 Å². The average molecular weight is 251 g/mol. The number of phenols is 1. The van der Waals surface area contributed by atoms with Crippen LogP contribution in [0.5, 0.6) is 5.75 Å². The molecule has 1 saturated carbocycles. The van der Waals surface area contributed by atoms with E-state index < -0.39 is 11.7 Å². The first-order valence-corrected chi connectivity index (χ1v) is 6.34. The Balaban J connectivity index is 2.00. The molecule has 0 atom stereocenters. The van der Waals surface area contributed by atoms with Gasteiger partial charge >= 0.3 is 0 Å². The number of rotatable bonds is 5. The molecule has 1 aliphatic rings. The Kier molecular flexibility index (Phi) is 3.55. The number of halogens is 1. The Morgan fingerprint density at radius 1 is 1.50 bits per heavy atom. The highest BCUT2D eigenvalue weighted by molar-refractivity contribution is 5.97. The molecule has 1 aliphatic carbocycles. The van der Waals surface area contributed by atoms with Crippen molar-refractivity contribution in [3.8, 4) is 5.75 Å². The maximum Gasteiger partial charge on any atom is 0.258 e. The second-order valence-electron chi connectivity index (χ2n) is 5.07. The summed E-state index contributed by atoms with van der Waals surface area (Å²) in [6, 6.07) is 3.87. The monoisotopic (exact) mass is 251 g/mol. The lowest BCUT2D eigenvalue weighted by Crippen LogP contribution is -2.30. The third-order valence-corrected chi connectivity index (χ3v) is 3.58. The summed E-state index contributed by atoms with van der Waals surface area (Å²) in [5, 5.41) is 12.2. The first-order valence-electron chi connectivity index (χ1n) is 6.34. The van der Waals surface area contributed by atoms with E-state index in [4.69, 9.17) is 0 Å². The van der Waals surface area contributed by atoms with E-state index in [-0.39, 0.29) is 16.7 Å². The lowest BCUT2D eigenvalue weighted by Gasteiger charge is -2.15. The molecule has 0 bridgehead atoms. The Bertz CT molecular complexity index is 435. The zero-order valence-electron chi connectivity index (χ0n) is 10.5. The minimum Gasteiger partial charge on any atom is -0.507 e. The summed E-state index contributed by atoms with van der Waals surface area (Å²) in [6.45, 7) is 2.68. The number of carbonyl (C=O) groups excluding carboxylic acids is 1. The van der Waals surface area contributed by atoms with Gasteiger partial charge in [-0.05, 0) is 36.8 Å². The van der Waals surface area contributed by atoms with Crippen molar-refractivity contribution in [3.05, 3.63) is 29.6 Å². The molecule has 2 rings (SSSR count). The number of amides is 1. The molecule has 0 unspecified atom stereocenters. The molecular weight excluding hydrogens is 233 g/mol. The fraction of sp³-hybridized carbons (Fsp3) is 0.500. The van der Waals surface area contributed by atoms with Gasteiger partial charge in [0.15, 0.2) is 0 Å². The van der Waals surface area contributed by atoms with E-state index in [0.29, 0.717) is 6.54 Å². The van der Waals surface area contributed by atoms with Crippen LogP contribution in [0.3, 0.4) is 0 Å². The van der Waals surface area contributed by atoms with Crippen LogP contribution in [0.1, 0.15) is 43.0 Å². The second kappa shape index (κ2) is 4.96. The summed E-state index contributed by atoms with van der Waals surface area (Å²) in [5.41, 5.74) is -0.0459. The third kappa shape index (κ3) is 2.63. The summed E-state index contributed by atoms with van der Waals surface area (Å²) in [4.78, 5) is 11.9. The van der Waals surface area contributed by atoms with Crippen molar-refractivity contribution >= 4 is 5.91 Å². The minimum absolute atomic E-state index is 0.214. The lowest BCUT2D eigenvalue weighted by molar-refractivity contribution is 0.0937. The van der Waals surface area contributed by atoms with Crippen molar-refractivity contribution in [2.45, 2.75) is 32.6 Å². The van der Waals surface area contributed by atoms with E-state index in [1.807, 2.05) is 0 Å². The van der Waals surface area contributed by atoms with Crippen LogP contribution < -0.4 is 5.32 Å². The van der Waals surface area contributed by atoms with Crippen LogP contribution in [0.4, 0.5) is 4.39 Å². The van der Waals surface area contributed by atoms with E-state index >= 15 is 0 Å². The SMILES string of the molecule is CCCC1(CNC(=O)c2c(O)cccc2F)CC1. The summed E-state index contributed by atoms with van der Waals surface area (Å²) < 4.78 is 13.5. The van der Waals surface area contributed by atoms with Gasteiger partial charge in [0, 0.05) is 6.54 Å². The number of nitrogens with one attached hydrogen (secondary N) is 1. The summed E-state index contributed by atoms with van der Waals surface area (Å²) >= 11 is 0. The van der Waals surface area contributed by atoms with Crippen molar-refractivity contribution in [2.75, 3.05) is 6.54 Å². The Labute approximate surface area is 106 Å². The predicted molar refractivity (Wildman–Crippen MR) is 67.0 cm³/mol. The maximum absolute atomic E-state index is 13.5. The number of hydrogen-bond donors (Lipinski definition) is 2. The van der Waals surface area contributed by atoms with Gasteiger partial charge < -0.3 is 10.4 Å². The molecule has 0 saturated heterocycles. The van der Waals surface area contributed by atoms with E-state index in [1.54, 1.807) is 0 Å². The Morgan fingerprint density at radius 3 is 2.78 bits per heavy atom. The standard InChI is InChI=1S/C14H18FNO2/c1-2-6-14(7-8-14)9-16-13(18)12-10(15)4-3-5-11(12)17/h3-5,17H,2,6-9H2,1H3,(H,16,18). The predicted octanol–water partition coefficient (Wildman–Crippen LogP) is 2.84. The van der Waals surface area contributed by atoms with Gasteiger partial charge in [0.2, 0.25) is 0 Å². The molecule has 2 N–H and O–H groups in total. The molecule has 3 nitrogen and oxygen atoms in total. The zero-order chi connectivity index (χ0) is 13.2. The van der Waals surface area contributed by atoms with Crippen molar-refractivity contribution in [3.63, 3.8) is 0 Å². The van der Waals surface area contributed by atoms with Crippen LogP contribution in [-0.4, -0.2) is 17.6 Å². The van der Waals surface area contributed by atoms with Gasteiger partial charge in [-0.1, -0.05) is 19.4 Å². The van der Waals surface area contributed by atoms with Crippen LogP contribution in [0.15, 0.2) is 18.2 Å². The van der Waals surface area contributed by atoms with E-state index in [1.165, 1.54) is 18.2 Å². The molecule has 4 heteroatoms. The molecule has 0 radical (unpaired) electrons. The molecule has 1 aromatic carbocycles. The second-order valence-corrected chi connectivity index (χ2v) is 5.07. The van der Waals surface area contributed by atoms with Gasteiger partial charge in [-0.2, -0.15) is 0 Å². The fourth-order valence-electron chi connectivity index (χ4n) is 2.32. The summed E-state index contributed by atoms with van der Waals surface area (Å²) in [7, 11) is 0. The first kappa shape index (κ1) is 12.9. The zero-order valence-corrected chi connectivity index (χ0v) is 10.5. The molecule has 0 spiro atoms. The quantitative estimate of drug-likeness (QED) is 0.845. The lowest BCUT2D eigenvalue weighted by atomic mass is 10.0. The molecule has 18 heavy (non-hydrogen) atoms. The van der Waals surface area contributed by atoms with Crippen molar-refractivity contribution in [1.29, 1.82) is 0 Å². The molecule has 0 aliphatic heterocycles. The van der Waals surface area contributed by atoms with Crippen molar-refractivity contribution in [2.24, 2.45) is 5.41 Å². The highest BCUT2D eigenvalue weighted by Crippen LogP contribution is 2.48. The summed E-state index contributed by atoms with van der Waals surface area (Å²) in [6.07, 6.45) is 4.39. The number of phenolic OH excluding ortho intramolecular Hbond substituents is 1. The Morgan fingerprint density at radius 2 is 2.22 bits per heavy atom. The van der Waals surface area contributed by atoms with Crippen LogP contribution in [0.25, 0.3) is 0 Å². The average Bonchev–Trinajstić information content (AvgIpc) is 3.07. The highest BCUT2D eigenvalue weighted by atomic mass is 19.1. The molecule has 98 valence electrons. The van der Waals surface area contributed by atoms with Gasteiger partial charge in [-0.15, -0.1) is 0 Å². The van der Waals surface area contributed by atoms with E-state index in [0.717, 1.165) is 25.7 Å². The molecular formula is C14H18FNO2. The van der Waals surface area contributed by atoms with Crippen LogP contribution in [0, 0.1) is 11.2 Å². The van der Waals surface area contributed by atoms with Gasteiger partial charge in [0.1, 0.15) is 17.1 Å². The van der Waals surface area contributed by atoms with Gasteiger partial charge in [-0.25, -0.2) is 4.39 Å². The molecule has 1 aromatic rings. The largest absolute Gasteiger partial charge is 0.507 e. The normalized spacial score (nSPS) is 16.3. The summed E-state index contributed by atoms with van der Waals surface area (Å²) in [5.74, 6) is -1.53. The topological polar surface area (TPSA) is 49.3 Å². The van der Waals surface area contributed by atoms with Crippen LogP contribution in [0.2, 0.25) is 0 Å². The molecule has 1 fully saturated rings. The number of carbonyl (C=O) groups is 1. The van der Waals surface area contributed by atoms with E-state index in [2.05, 4.69) is 12.2 Å². The Hall–Kier alpha value is -1.58. The maximum atomic E-state index is 13.5. The van der Waals surface area contributed by atoms with Gasteiger partial charge in [-0.3, -0.25) is 4.79 Å². The third-order valence-electron chi connectivity index (χ3n) is 3.58. The molecule has 0 aromatic heterocycles. The molecule has 0 heterocycles. The fourth-order valence-corrected chi connectivity index (χ4v) is 2.32. The molecule has 1 amide bonds. The van der Waals surface area contributed by atoms with Crippen molar-refractivity contribution in [1.82, 2.24) is 5.32 Å².